The van der Waals surface area contributed by atoms with Gasteiger partial charge in [0, 0.05) is 6.04 Å². The average molecular weight is 211 g/mol. The van der Waals surface area contributed by atoms with Crippen LogP contribution in [0.2, 0.25) is 0 Å². The molecule has 2 rings (SSSR count). The zero-order valence-corrected chi connectivity index (χ0v) is 8.68. The number of nitrogens with one attached hydrogen (secondary N) is 1. The van der Waals surface area contributed by atoms with Crippen molar-refractivity contribution < 1.29 is 8.42 Å². The number of rotatable bonds is 3. The molecule has 0 saturated heterocycles. The second kappa shape index (κ2) is 3.73. The fourth-order valence-corrected chi connectivity index (χ4v) is 3.09. The minimum Gasteiger partial charge on any atom is -0.208 e. The van der Waals surface area contributed by atoms with Crippen LogP contribution in [0, 0.1) is 0 Å². The third-order valence-electron chi connectivity index (χ3n) is 2.54. The third-order valence-corrected chi connectivity index (χ3v) is 4.01. The molecule has 1 saturated carbocycles. The van der Waals surface area contributed by atoms with Crippen LogP contribution in [0.4, 0.5) is 0 Å². The molecule has 3 nitrogen and oxygen atoms in total. The zero-order valence-electron chi connectivity index (χ0n) is 7.86. The van der Waals surface area contributed by atoms with Gasteiger partial charge < -0.3 is 0 Å². The molecule has 0 atom stereocenters. The van der Waals surface area contributed by atoms with Crippen molar-refractivity contribution in [2.24, 2.45) is 0 Å². The van der Waals surface area contributed by atoms with Crippen LogP contribution in [-0.2, 0) is 10.0 Å². The standard InChI is InChI=1S/C10H13NO2S/c12-14(13,10-7-3-4-8-10)11-9-5-1-2-6-9/h3-4,7,9,11H,1-2,5-6H2. The Morgan fingerprint density at radius 2 is 2.07 bits per heavy atom. The second-order valence-electron chi connectivity index (χ2n) is 3.64. The van der Waals surface area contributed by atoms with Gasteiger partial charge in [-0.2, -0.15) is 0 Å². The third kappa shape index (κ3) is 1.98. The van der Waals surface area contributed by atoms with E-state index in [0.717, 1.165) is 25.7 Å². The Morgan fingerprint density at radius 1 is 1.36 bits per heavy atom. The lowest BCUT2D eigenvalue weighted by Crippen LogP contribution is -2.32. The summed E-state index contributed by atoms with van der Waals surface area (Å²) < 4.78 is 26.1. The van der Waals surface area contributed by atoms with E-state index in [2.05, 4.69) is 10.5 Å². The van der Waals surface area contributed by atoms with Crippen molar-refractivity contribution >= 4 is 10.0 Å². The highest BCUT2D eigenvalue weighted by molar-refractivity contribution is 7.93. The van der Waals surface area contributed by atoms with Crippen LogP contribution < -0.4 is 4.72 Å². The van der Waals surface area contributed by atoms with Gasteiger partial charge in [0.15, 0.2) is 0 Å². The van der Waals surface area contributed by atoms with Gasteiger partial charge in [-0.15, -0.1) is 0 Å². The van der Waals surface area contributed by atoms with E-state index >= 15 is 0 Å². The molecule has 0 aromatic heterocycles. The molecule has 0 spiro atoms. The first-order chi connectivity index (χ1) is 6.68. The lowest BCUT2D eigenvalue weighted by molar-refractivity contribution is 0.559. The van der Waals surface area contributed by atoms with Gasteiger partial charge in [0.1, 0.15) is 4.91 Å². The summed E-state index contributed by atoms with van der Waals surface area (Å²) in [5.41, 5.74) is 2.70. The monoisotopic (exact) mass is 211 g/mol. The van der Waals surface area contributed by atoms with Crippen LogP contribution in [-0.4, -0.2) is 14.5 Å². The van der Waals surface area contributed by atoms with Crippen molar-refractivity contribution in [3.05, 3.63) is 28.9 Å². The van der Waals surface area contributed by atoms with E-state index < -0.39 is 10.0 Å². The first kappa shape index (κ1) is 9.71. The molecule has 0 amide bonds. The van der Waals surface area contributed by atoms with E-state index in [1.807, 2.05) is 0 Å². The normalized spacial score (nSPS) is 21.9. The smallest absolute Gasteiger partial charge is 0.208 e. The Morgan fingerprint density at radius 3 is 2.64 bits per heavy atom. The van der Waals surface area contributed by atoms with E-state index in [1.165, 1.54) is 0 Å². The first-order valence-corrected chi connectivity index (χ1v) is 6.32. The van der Waals surface area contributed by atoms with Gasteiger partial charge in [0.25, 0.3) is 0 Å². The lowest BCUT2D eigenvalue weighted by atomic mass is 10.3. The summed E-state index contributed by atoms with van der Waals surface area (Å²) in [5.74, 6) is 0. The molecule has 2 aliphatic rings. The van der Waals surface area contributed by atoms with E-state index in [1.54, 1.807) is 18.2 Å². The molecule has 0 aromatic rings. The number of hydrogen-bond acceptors (Lipinski definition) is 2. The SMILES string of the molecule is O=S(=O)(NC1CCCC1)C1=C=CC=C1. The Hall–Kier alpha value is -0.830. The minimum absolute atomic E-state index is 0.128. The van der Waals surface area contributed by atoms with Crippen molar-refractivity contribution in [1.29, 1.82) is 0 Å². The quantitative estimate of drug-likeness (QED) is 0.718. The lowest BCUT2D eigenvalue weighted by Gasteiger charge is -2.11. The molecule has 0 radical (unpaired) electrons. The molecule has 1 fully saturated rings. The molecule has 4 heteroatoms. The Kier molecular flexibility index (Phi) is 2.59. The first-order valence-electron chi connectivity index (χ1n) is 4.84. The van der Waals surface area contributed by atoms with Crippen LogP contribution in [0.5, 0.6) is 0 Å². The van der Waals surface area contributed by atoms with Gasteiger partial charge >= 0.3 is 0 Å². The van der Waals surface area contributed by atoms with Crippen LogP contribution in [0.3, 0.4) is 0 Å². The van der Waals surface area contributed by atoms with E-state index in [-0.39, 0.29) is 10.9 Å². The number of allylic oxidation sites excluding steroid dienone is 2. The van der Waals surface area contributed by atoms with Gasteiger partial charge in [-0.1, -0.05) is 24.6 Å². The summed E-state index contributed by atoms with van der Waals surface area (Å²) >= 11 is 0. The van der Waals surface area contributed by atoms with Crippen LogP contribution in [0.15, 0.2) is 28.9 Å². The predicted molar refractivity (Wildman–Crippen MR) is 55.0 cm³/mol. The average Bonchev–Trinajstić information content (AvgIpc) is 2.71. The van der Waals surface area contributed by atoms with E-state index in [0.29, 0.717) is 0 Å². The molecule has 0 unspecified atom stereocenters. The predicted octanol–water partition coefficient (Wildman–Crippen LogP) is 1.46. The Bertz CT molecular complexity index is 407. The maximum atomic E-state index is 11.7. The van der Waals surface area contributed by atoms with Crippen LogP contribution in [0.1, 0.15) is 25.7 Å². The fourth-order valence-electron chi connectivity index (χ4n) is 1.81. The summed E-state index contributed by atoms with van der Waals surface area (Å²) in [6.07, 6.45) is 9.03. The van der Waals surface area contributed by atoms with Gasteiger partial charge in [-0.05, 0) is 25.0 Å². The maximum Gasteiger partial charge on any atom is 0.248 e. The minimum atomic E-state index is -3.31. The molecule has 76 valence electrons. The van der Waals surface area contributed by atoms with Gasteiger partial charge in [0.05, 0.1) is 0 Å². The number of sulfonamides is 1. The van der Waals surface area contributed by atoms with Crippen molar-refractivity contribution in [2.45, 2.75) is 31.7 Å². The molecular formula is C10H13NO2S. The highest BCUT2D eigenvalue weighted by atomic mass is 32.2. The number of hydrogen-bond donors (Lipinski definition) is 1. The molecule has 0 bridgehead atoms. The molecule has 14 heavy (non-hydrogen) atoms. The zero-order chi connectivity index (χ0) is 10.0. The molecule has 0 aromatic carbocycles. The van der Waals surface area contributed by atoms with Gasteiger partial charge in [-0.25, -0.2) is 13.1 Å². The Balaban J connectivity index is 2.09. The maximum absolute atomic E-state index is 11.7. The molecule has 0 heterocycles. The topological polar surface area (TPSA) is 46.2 Å². The fraction of sp³-hybridized carbons (Fsp3) is 0.500. The van der Waals surface area contributed by atoms with Crippen LogP contribution >= 0.6 is 0 Å². The summed E-state index contributed by atoms with van der Waals surface area (Å²) in [4.78, 5) is 0.254. The van der Waals surface area contributed by atoms with Crippen molar-refractivity contribution in [2.75, 3.05) is 0 Å². The van der Waals surface area contributed by atoms with Crippen molar-refractivity contribution in [3.8, 4) is 0 Å². The highest BCUT2D eigenvalue weighted by Crippen LogP contribution is 2.20. The summed E-state index contributed by atoms with van der Waals surface area (Å²) in [7, 11) is -3.31. The summed E-state index contributed by atoms with van der Waals surface area (Å²) in [5, 5.41) is 0. The summed E-state index contributed by atoms with van der Waals surface area (Å²) in [6.45, 7) is 0. The van der Waals surface area contributed by atoms with Crippen molar-refractivity contribution in [1.82, 2.24) is 4.72 Å². The second-order valence-corrected chi connectivity index (χ2v) is 5.32. The molecule has 1 N–H and O–H groups in total. The molecular weight excluding hydrogens is 198 g/mol. The van der Waals surface area contributed by atoms with Crippen LogP contribution in [0.25, 0.3) is 0 Å². The van der Waals surface area contributed by atoms with Gasteiger partial charge in [-0.3, -0.25) is 0 Å². The molecule has 0 aliphatic heterocycles. The van der Waals surface area contributed by atoms with E-state index in [9.17, 15) is 8.42 Å². The summed E-state index contributed by atoms with van der Waals surface area (Å²) in [6, 6.07) is 0.128. The molecule has 2 aliphatic carbocycles. The largest absolute Gasteiger partial charge is 0.248 e. The Labute approximate surface area is 84.3 Å². The van der Waals surface area contributed by atoms with Gasteiger partial charge in [0.2, 0.25) is 10.0 Å². The van der Waals surface area contributed by atoms with E-state index in [4.69, 9.17) is 0 Å². The van der Waals surface area contributed by atoms with Crippen molar-refractivity contribution in [3.63, 3.8) is 0 Å². The highest BCUT2D eigenvalue weighted by Gasteiger charge is 2.23.